The molecule has 2 aromatic carbocycles. The fourth-order valence-corrected chi connectivity index (χ4v) is 6.32. The Balaban J connectivity index is 1.25. The number of para-hydroxylation sites is 1. The van der Waals surface area contributed by atoms with Gasteiger partial charge in [0.05, 0.1) is 18.5 Å². The van der Waals surface area contributed by atoms with Gasteiger partial charge in [-0.3, -0.25) is 13.9 Å². The van der Waals surface area contributed by atoms with E-state index >= 15 is 0 Å². The number of benzene rings is 2. The van der Waals surface area contributed by atoms with Crippen molar-refractivity contribution in [1.82, 2.24) is 14.0 Å². The average molecular weight is 566 g/mol. The molecule has 3 heterocycles. The first kappa shape index (κ1) is 27.9. The van der Waals surface area contributed by atoms with Gasteiger partial charge in [-0.15, -0.1) is 0 Å². The molecule has 5 rings (SSSR count). The maximum Gasteiger partial charge on any atom is 0.343 e. The van der Waals surface area contributed by atoms with E-state index in [4.69, 9.17) is 9.47 Å². The molecule has 1 fully saturated rings. The van der Waals surface area contributed by atoms with Crippen LogP contribution < -0.4 is 25.8 Å². The lowest BCUT2D eigenvalue weighted by molar-refractivity contribution is -0.142. The number of aromatic nitrogens is 2. The molecular formula is C29H35N5O5S. The van der Waals surface area contributed by atoms with Crippen LogP contribution in [0.1, 0.15) is 12.8 Å². The van der Waals surface area contributed by atoms with E-state index in [9.17, 15) is 14.4 Å². The summed E-state index contributed by atoms with van der Waals surface area (Å²) in [5, 5.41) is 0. The fourth-order valence-electron chi connectivity index (χ4n) is 5.24. The molecule has 3 aromatic rings. The van der Waals surface area contributed by atoms with Crippen molar-refractivity contribution in [3.8, 4) is 5.75 Å². The van der Waals surface area contributed by atoms with Crippen LogP contribution in [0.15, 0.2) is 67.9 Å². The number of carbonyl (C=O) groups is 1. The monoisotopic (exact) mass is 565 g/mol. The first-order valence-corrected chi connectivity index (χ1v) is 14.3. The minimum Gasteiger partial charge on any atom is -0.482 e. The van der Waals surface area contributed by atoms with Gasteiger partial charge < -0.3 is 24.2 Å². The third kappa shape index (κ3) is 5.90. The van der Waals surface area contributed by atoms with Crippen molar-refractivity contribution in [2.45, 2.75) is 22.6 Å². The molecule has 11 heteroatoms. The highest BCUT2D eigenvalue weighted by Crippen LogP contribution is 2.49. The Kier molecular flexibility index (Phi) is 8.51. The third-order valence-electron chi connectivity index (χ3n) is 7.45. The Labute approximate surface area is 237 Å². The van der Waals surface area contributed by atoms with Crippen molar-refractivity contribution in [2.24, 2.45) is 14.1 Å². The molecule has 0 spiro atoms. The van der Waals surface area contributed by atoms with E-state index in [1.807, 2.05) is 18.2 Å². The summed E-state index contributed by atoms with van der Waals surface area (Å²) in [5.74, 6) is 0.897. The SMILES string of the molecule is COC(=O)COc1ccc2c(c1)N(CCCN1CCCN(c3cc(=O)n(C)c(=O)n3C)CC1)c1ccccc1S2. The van der Waals surface area contributed by atoms with E-state index in [-0.39, 0.29) is 17.9 Å². The van der Waals surface area contributed by atoms with Crippen LogP contribution in [0.3, 0.4) is 0 Å². The number of ether oxygens (including phenoxy) is 2. The van der Waals surface area contributed by atoms with Crippen LogP contribution in [0.25, 0.3) is 0 Å². The number of methoxy groups -OCH3 is 1. The minimum absolute atomic E-state index is 0.128. The summed E-state index contributed by atoms with van der Waals surface area (Å²) in [7, 11) is 4.58. The number of hydrogen-bond donors (Lipinski definition) is 0. The highest BCUT2D eigenvalue weighted by atomic mass is 32.2. The number of fused-ring (bicyclic) bond motifs is 2. The first-order chi connectivity index (χ1) is 19.4. The molecule has 1 saturated heterocycles. The molecule has 1 aromatic heterocycles. The van der Waals surface area contributed by atoms with Crippen LogP contribution >= 0.6 is 11.8 Å². The molecule has 2 aliphatic rings. The second-order valence-electron chi connectivity index (χ2n) is 9.99. The van der Waals surface area contributed by atoms with Gasteiger partial charge in [-0.1, -0.05) is 23.9 Å². The summed E-state index contributed by atoms with van der Waals surface area (Å²) in [6.07, 6.45) is 1.91. The Morgan fingerprint density at radius 2 is 1.70 bits per heavy atom. The molecule has 0 amide bonds. The van der Waals surface area contributed by atoms with Crippen molar-refractivity contribution in [3.05, 3.63) is 69.4 Å². The Morgan fingerprint density at radius 1 is 0.900 bits per heavy atom. The summed E-state index contributed by atoms with van der Waals surface area (Å²) in [4.78, 5) is 45.6. The Morgan fingerprint density at radius 3 is 2.52 bits per heavy atom. The average Bonchev–Trinajstić information content (AvgIpc) is 3.22. The highest BCUT2D eigenvalue weighted by molar-refractivity contribution is 7.99. The third-order valence-corrected chi connectivity index (χ3v) is 8.58. The second kappa shape index (κ2) is 12.2. The molecule has 40 heavy (non-hydrogen) atoms. The normalized spacial score (nSPS) is 15.3. The topological polar surface area (TPSA) is 89.2 Å². The molecule has 0 saturated carbocycles. The minimum atomic E-state index is -0.415. The van der Waals surface area contributed by atoms with Crippen molar-refractivity contribution in [3.63, 3.8) is 0 Å². The predicted octanol–water partition coefficient (Wildman–Crippen LogP) is 2.84. The van der Waals surface area contributed by atoms with Gasteiger partial charge in [0.2, 0.25) is 0 Å². The quantitative estimate of drug-likeness (QED) is 0.383. The summed E-state index contributed by atoms with van der Waals surface area (Å²) in [6.45, 7) is 5.01. The lowest BCUT2D eigenvalue weighted by Crippen LogP contribution is -2.41. The van der Waals surface area contributed by atoms with Gasteiger partial charge >= 0.3 is 11.7 Å². The van der Waals surface area contributed by atoms with E-state index in [0.717, 1.165) is 67.3 Å². The van der Waals surface area contributed by atoms with Crippen LogP contribution in [-0.2, 0) is 23.6 Å². The van der Waals surface area contributed by atoms with E-state index < -0.39 is 5.97 Å². The van der Waals surface area contributed by atoms with Gasteiger partial charge in [-0.2, -0.15) is 0 Å². The largest absolute Gasteiger partial charge is 0.482 e. The molecule has 10 nitrogen and oxygen atoms in total. The summed E-state index contributed by atoms with van der Waals surface area (Å²) >= 11 is 1.74. The van der Waals surface area contributed by atoms with Crippen LogP contribution in [0.2, 0.25) is 0 Å². The highest BCUT2D eigenvalue weighted by Gasteiger charge is 2.24. The van der Waals surface area contributed by atoms with Crippen LogP contribution in [0.5, 0.6) is 5.75 Å². The number of anilines is 3. The zero-order chi connectivity index (χ0) is 28.2. The fraction of sp³-hybridized carbons (Fsp3) is 0.414. The van der Waals surface area contributed by atoms with Crippen molar-refractivity contribution in [2.75, 3.05) is 62.8 Å². The van der Waals surface area contributed by atoms with Crippen molar-refractivity contribution >= 4 is 34.9 Å². The lowest BCUT2D eigenvalue weighted by Gasteiger charge is -2.33. The summed E-state index contributed by atoms with van der Waals surface area (Å²) < 4.78 is 13.1. The standard InChI is InChI=1S/C29H35N5O5S/c1-30-26(19-27(35)31(2)29(30)37)33-14-6-12-32(16-17-33)13-7-15-34-22-8-4-5-9-24(22)40-25-11-10-21(18-23(25)34)39-20-28(36)38-3/h4-5,8-11,18-19H,6-7,12-17,20H2,1-3H3. The van der Waals surface area contributed by atoms with E-state index in [1.54, 1.807) is 29.4 Å². The predicted molar refractivity (Wildman–Crippen MR) is 156 cm³/mol. The van der Waals surface area contributed by atoms with E-state index in [0.29, 0.717) is 11.6 Å². The van der Waals surface area contributed by atoms with Gasteiger partial charge in [0.1, 0.15) is 11.6 Å². The van der Waals surface area contributed by atoms with Gasteiger partial charge in [0.25, 0.3) is 5.56 Å². The zero-order valence-corrected chi connectivity index (χ0v) is 24.0. The smallest absolute Gasteiger partial charge is 0.343 e. The molecular weight excluding hydrogens is 530 g/mol. The van der Waals surface area contributed by atoms with E-state index in [1.165, 1.54) is 24.7 Å². The Bertz CT molecular complexity index is 1500. The number of nitrogens with zero attached hydrogens (tertiary/aromatic N) is 5. The maximum absolute atomic E-state index is 12.4. The second-order valence-corrected chi connectivity index (χ2v) is 11.1. The van der Waals surface area contributed by atoms with Crippen LogP contribution in [0, 0.1) is 0 Å². The number of hydrogen-bond acceptors (Lipinski definition) is 9. The molecule has 2 aliphatic heterocycles. The van der Waals surface area contributed by atoms with Crippen molar-refractivity contribution in [1.29, 1.82) is 0 Å². The van der Waals surface area contributed by atoms with E-state index in [2.05, 4.69) is 39.0 Å². The molecule has 0 N–H and O–H groups in total. The molecule has 0 bridgehead atoms. The van der Waals surface area contributed by atoms with Crippen LogP contribution in [-0.4, -0.2) is 73.0 Å². The van der Waals surface area contributed by atoms with Gasteiger partial charge in [0.15, 0.2) is 6.61 Å². The number of carbonyl (C=O) groups excluding carboxylic acids is 1. The summed E-state index contributed by atoms with van der Waals surface area (Å²) in [5.41, 5.74) is 1.65. The van der Waals surface area contributed by atoms with Gasteiger partial charge in [0, 0.05) is 62.2 Å². The molecule has 212 valence electrons. The van der Waals surface area contributed by atoms with Crippen molar-refractivity contribution < 1.29 is 14.3 Å². The molecule has 0 unspecified atom stereocenters. The van der Waals surface area contributed by atoms with Gasteiger partial charge in [-0.25, -0.2) is 9.59 Å². The molecule has 0 radical (unpaired) electrons. The first-order valence-electron chi connectivity index (χ1n) is 13.5. The summed E-state index contributed by atoms with van der Waals surface area (Å²) in [6, 6.07) is 15.9. The molecule has 0 aliphatic carbocycles. The number of rotatable bonds is 8. The zero-order valence-electron chi connectivity index (χ0n) is 23.2. The molecule has 0 atom stereocenters. The van der Waals surface area contributed by atoms with Crippen LogP contribution in [0.4, 0.5) is 17.2 Å². The maximum atomic E-state index is 12.4. The number of esters is 1. The van der Waals surface area contributed by atoms with Gasteiger partial charge in [-0.05, 0) is 50.2 Å². The Hall–Kier alpha value is -3.70. The lowest BCUT2D eigenvalue weighted by atomic mass is 10.2.